The van der Waals surface area contributed by atoms with E-state index in [-0.39, 0.29) is 36.6 Å². The quantitative estimate of drug-likeness (QED) is 0.295. The Balaban J connectivity index is 0.00000480. The van der Waals surface area contributed by atoms with E-state index in [9.17, 15) is 13.2 Å². The average Bonchev–Trinajstić information content (AvgIpc) is 2.91. The lowest BCUT2D eigenvalue weighted by Crippen LogP contribution is -2.42. The number of rotatable bonds is 8. The van der Waals surface area contributed by atoms with Crippen LogP contribution in [0.3, 0.4) is 0 Å². The molecule has 0 fully saturated rings. The van der Waals surface area contributed by atoms with Crippen LogP contribution in [0.4, 0.5) is 13.2 Å². The summed E-state index contributed by atoms with van der Waals surface area (Å²) in [4.78, 5) is 4.26. The number of benzene rings is 1. The van der Waals surface area contributed by atoms with Crippen molar-refractivity contribution in [2.45, 2.75) is 52.6 Å². The first-order valence-corrected chi connectivity index (χ1v) is 9.77. The molecule has 2 N–H and O–H groups in total. The third-order valence-electron chi connectivity index (χ3n) is 4.79. The summed E-state index contributed by atoms with van der Waals surface area (Å²) in [5.74, 6) is 0.680. The van der Waals surface area contributed by atoms with E-state index in [1.54, 1.807) is 19.2 Å². The van der Waals surface area contributed by atoms with Gasteiger partial charge in [-0.1, -0.05) is 24.3 Å². The van der Waals surface area contributed by atoms with Gasteiger partial charge in [0.2, 0.25) is 0 Å². The molecule has 0 saturated heterocycles. The molecule has 0 saturated carbocycles. The number of ether oxygens (including phenoxy) is 1. The summed E-state index contributed by atoms with van der Waals surface area (Å²) in [5.41, 5.74) is 5.11. The fourth-order valence-corrected chi connectivity index (χ4v) is 3.12. The van der Waals surface area contributed by atoms with Gasteiger partial charge in [-0.25, -0.2) is 0 Å². The zero-order valence-electron chi connectivity index (χ0n) is 18.5. The first-order valence-electron chi connectivity index (χ1n) is 9.77. The Morgan fingerprint density at radius 3 is 2.32 bits per heavy atom. The minimum absolute atomic E-state index is 0. The van der Waals surface area contributed by atoms with Crippen LogP contribution in [-0.4, -0.2) is 41.6 Å². The molecule has 1 unspecified atom stereocenters. The molecular weight excluding hydrogens is 522 g/mol. The maximum absolute atomic E-state index is 12.1. The third-order valence-corrected chi connectivity index (χ3v) is 4.79. The summed E-state index contributed by atoms with van der Waals surface area (Å²) in [6.07, 6.45) is -3.48. The number of hydrogen-bond acceptors (Lipinski definition) is 3. The summed E-state index contributed by atoms with van der Waals surface area (Å²) in [7, 11) is 3.65. The van der Waals surface area contributed by atoms with Crippen molar-refractivity contribution in [1.82, 2.24) is 20.4 Å². The fraction of sp³-hybridized carbons (Fsp3) is 0.524. The van der Waals surface area contributed by atoms with Gasteiger partial charge in [0.15, 0.2) is 5.96 Å². The van der Waals surface area contributed by atoms with Crippen LogP contribution in [0.25, 0.3) is 0 Å². The first-order chi connectivity index (χ1) is 14.1. The SMILES string of the molecule is CN=C(NCc1ccc(COCC(F)(F)F)cc1)NC(C)Cc1c(C)nn(C)c1C.I. The smallest absolute Gasteiger partial charge is 0.367 e. The van der Waals surface area contributed by atoms with Crippen molar-refractivity contribution in [3.8, 4) is 0 Å². The van der Waals surface area contributed by atoms with Gasteiger partial charge in [0, 0.05) is 32.4 Å². The lowest BCUT2D eigenvalue weighted by molar-refractivity contribution is -0.176. The predicted octanol–water partition coefficient (Wildman–Crippen LogP) is 4.03. The molecule has 6 nitrogen and oxygen atoms in total. The zero-order chi connectivity index (χ0) is 22.3. The lowest BCUT2D eigenvalue weighted by Gasteiger charge is -2.18. The maximum Gasteiger partial charge on any atom is 0.411 e. The van der Waals surface area contributed by atoms with E-state index in [1.807, 2.05) is 30.8 Å². The van der Waals surface area contributed by atoms with E-state index in [4.69, 9.17) is 0 Å². The Hall–Kier alpha value is -1.82. The maximum atomic E-state index is 12.1. The van der Waals surface area contributed by atoms with Crippen LogP contribution in [0.15, 0.2) is 29.3 Å². The highest BCUT2D eigenvalue weighted by atomic mass is 127. The highest BCUT2D eigenvalue weighted by Gasteiger charge is 2.27. The van der Waals surface area contributed by atoms with Crippen LogP contribution in [0.1, 0.15) is 35.0 Å². The molecule has 2 rings (SSSR count). The molecule has 0 spiro atoms. The number of aliphatic imine (C=N–C) groups is 1. The number of aryl methyl sites for hydroxylation is 2. The van der Waals surface area contributed by atoms with E-state index >= 15 is 0 Å². The molecular formula is C21H31F3IN5O. The summed E-state index contributed by atoms with van der Waals surface area (Å²) in [5, 5.41) is 11.1. The van der Waals surface area contributed by atoms with Crippen LogP contribution < -0.4 is 10.6 Å². The minimum Gasteiger partial charge on any atom is -0.367 e. The molecule has 1 aromatic carbocycles. The van der Waals surface area contributed by atoms with Gasteiger partial charge < -0.3 is 15.4 Å². The molecule has 0 aliphatic rings. The van der Waals surface area contributed by atoms with Gasteiger partial charge in [-0.15, -0.1) is 24.0 Å². The standard InChI is InChI=1S/C21H30F3N5O.HI/c1-14(10-19-15(2)28-29(5)16(19)3)27-20(25-4)26-11-17-6-8-18(9-7-17)12-30-13-21(22,23)24;/h6-9,14H,10-13H2,1-5H3,(H2,25,26,27);1H. The van der Waals surface area contributed by atoms with Crippen molar-refractivity contribution < 1.29 is 17.9 Å². The van der Waals surface area contributed by atoms with E-state index in [0.717, 1.165) is 23.4 Å². The van der Waals surface area contributed by atoms with Crippen molar-refractivity contribution in [2.75, 3.05) is 13.7 Å². The second-order valence-corrected chi connectivity index (χ2v) is 7.37. The molecule has 0 radical (unpaired) electrons. The molecule has 0 aliphatic heterocycles. The summed E-state index contributed by atoms with van der Waals surface area (Å²) >= 11 is 0. The van der Waals surface area contributed by atoms with E-state index in [0.29, 0.717) is 18.1 Å². The number of guanidine groups is 1. The summed E-state index contributed by atoms with van der Waals surface area (Å²) in [6, 6.07) is 7.41. The summed E-state index contributed by atoms with van der Waals surface area (Å²) in [6.45, 7) is 5.40. The molecule has 0 amide bonds. The summed E-state index contributed by atoms with van der Waals surface area (Å²) < 4.78 is 43.0. The Kier molecular flexibility index (Phi) is 10.8. The van der Waals surface area contributed by atoms with Gasteiger partial charge in [-0.2, -0.15) is 18.3 Å². The zero-order valence-corrected chi connectivity index (χ0v) is 20.8. The average molecular weight is 553 g/mol. The van der Waals surface area contributed by atoms with Crippen molar-refractivity contribution in [1.29, 1.82) is 0 Å². The minimum atomic E-state index is -4.31. The number of nitrogens with zero attached hydrogens (tertiary/aromatic N) is 3. The van der Waals surface area contributed by atoms with E-state index in [2.05, 4.69) is 39.3 Å². The first kappa shape index (κ1) is 27.2. The molecule has 31 heavy (non-hydrogen) atoms. The molecule has 174 valence electrons. The Bertz CT molecular complexity index is 850. The van der Waals surface area contributed by atoms with Gasteiger partial charge in [0.1, 0.15) is 6.61 Å². The van der Waals surface area contributed by atoms with Crippen molar-refractivity contribution in [3.05, 3.63) is 52.3 Å². The highest BCUT2D eigenvalue weighted by Crippen LogP contribution is 2.16. The Morgan fingerprint density at radius 2 is 1.81 bits per heavy atom. The topological polar surface area (TPSA) is 63.5 Å². The number of alkyl halides is 3. The molecule has 1 aromatic heterocycles. The molecule has 0 aliphatic carbocycles. The lowest BCUT2D eigenvalue weighted by atomic mass is 10.1. The van der Waals surface area contributed by atoms with Crippen LogP contribution in [0, 0.1) is 13.8 Å². The highest BCUT2D eigenvalue weighted by molar-refractivity contribution is 14.0. The van der Waals surface area contributed by atoms with Crippen LogP contribution >= 0.6 is 24.0 Å². The van der Waals surface area contributed by atoms with Gasteiger partial charge in [-0.05, 0) is 43.9 Å². The largest absolute Gasteiger partial charge is 0.411 e. The van der Waals surface area contributed by atoms with Crippen molar-refractivity contribution in [3.63, 3.8) is 0 Å². The number of hydrogen-bond donors (Lipinski definition) is 2. The number of nitrogens with one attached hydrogen (secondary N) is 2. The van der Waals surface area contributed by atoms with Gasteiger partial charge in [0.05, 0.1) is 12.3 Å². The molecule has 1 heterocycles. The molecule has 0 bridgehead atoms. The van der Waals surface area contributed by atoms with E-state index < -0.39 is 12.8 Å². The van der Waals surface area contributed by atoms with Gasteiger partial charge in [-0.3, -0.25) is 9.67 Å². The second kappa shape index (κ2) is 12.3. The second-order valence-electron chi connectivity index (χ2n) is 7.37. The van der Waals surface area contributed by atoms with Crippen LogP contribution in [-0.2, 0) is 31.4 Å². The van der Waals surface area contributed by atoms with Crippen LogP contribution in [0.5, 0.6) is 0 Å². The van der Waals surface area contributed by atoms with E-state index in [1.165, 1.54) is 5.56 Å². The monoisotopic (exact) mass is 553 g/mol. The molecule has 1 atom stereocenters. The van der Waals surface area contributed by atoms with Crippen molar-refractivity contribution in [2.24, 2.45) is 12.0 Å². The molecule has 10 heteroatoms. The fourth-order valence-electron chi connectivity index (χ4n) is 3.12. The van der Waals surface area contributed by atoms with Gasteiger partial charge in [0.25, 0.3) is 0 Å². The normalized spacial score (nSPS) is 13.0. The van der Waals surface area contributed by atoms with Gasteiger partial charge >= 0.3 is 6.18 Å². The van der Waals surface area contributed by atoms with Crippen LogP contribution in [0.2, 0.25) is 0 Å². The Morgan fingerprint density at radius 1 is 1.19 bits per heavy atom. The predicted molar refractivity (Wildman–Crippen MR) is 127 cm³/mol. The Labute approximate surface area is 198 Å². The third kappa shape index (κ3) is 9.06. The molecule has 2 aromatic rings. The van der Waals surface area contributed by atoms with Crippen molar-refractivity contribution >= 4 is 29.9 Å². The number of halogens is 4. The number of aromatic nitrogens is 2.